The van der Waals surface area contributed by atoms with Crippen LogP contribution in [-0.2, 0) is 4.79 Å². The Morgan fingerprint density at radius 2 is 2.00 bits per heavy atom. The van der Waals surface area contributed by atoms with Gasteiger partial charge in [0, 0.05) is 12.5 Å². The van der Waals surface area contributed by atoms with Crippen molar-refractivity contribution >= 4 is 5.91 Å². The summed E-state index contributed by atoms with van der Waals surface area (Å²) in [6, 6.07) is 7.40. The number of rotatable bonds is 7. The van der Waals surface area contributed by atoms with E-state index in [1.165, 1.54) is 0 Å². The van der Waals surface area contributed by atoms with Gasteiger partial charge in [0.1, 0.15) is 5.75 Å². The van der Waals surface area contributed by atoms with E-state index in [0.29, 0.717) is 6.42 Å². The maximum Gasteiger partial charge on any atom is 0.217 e. The standard InChI is InChI=1S/C13H20N2O2/c1-10(11-5-7-12(16)8-6-11)15-9-3-2-4-13(14)17/h5-8,10,15-16H,2-4,9H2,1H3,(H2,14,17). The summed E-state index contributed by atoms with van der Waals surface area (Å²) in [4.78, 5) is 10.5. The normalized spacial score (nSPS) is 12.3. The topological polar surface area (TPSA) is 75.3 Å². The summed E-state index contributed by atoms with van der Waals surface area (Å²) in [6.45, 7) is 2.93. The summed E-state index contributed by atoms with van der Waals surface area (Å²) >= 11 is 0. The van der Waals surface area contributed by atoms with Crippen LogP contribution in [0.25, 0.3) is 0 Å². The van der Waals surface area contributed by atoms with Crippen LogP contribution in [0.2, 0.25) is 0 Å². The number of primary amides is 1. The molecule has 4 N–H and O–H groups in total. The Morgan fingerprint density at radius 1 is 1.35 bits per heavy atom. The number of nitrogens with two attached hydrogens (primary N) is 1. The Hall–Kier alpha value is -1.55. The number of phenolic OH excluding ortho intramolecular Hbond substituents is 1. The molecular formula is C13H20N2O2. The molecule has 94 valence electrons. The van der Waals surface area contributed by atoms with E-state index < -0.39 is 0 Å². The smallest absolute Gasteiger partial charge is 0.217 e. The van der Waals surface area contributed by atoms with Crippen molar-refractivity contribution in [1.82, 2.24) is 5.32 Å². The molecule has 0 saturated heterocycles. The van der Waals surface area contributed by atoms with Crippen molar-refractivity contribution in [2.24, 2.45) is 5.73 Å². The molecule has 0 spiro atoms. The minimum Gasteiger partial charge on any atom is -0.508 e. The molecule has 0 heterocycles. The fourth-order valence-electron chi connectivity index (χ4n) is 1.62. The molecule has 0 aliphatic rings. The van der Waals surface area contributed by atoms with Crippen LogP contribution in [0.1, 0.15) is 37.8 Å². The first kappa shape index (κ1) is 13.5. The van der Waals surface area contributed by atoms with Crippen LogP contribution < -0.4 is 11.1 Å². The lowest BCUT2D eigenvalue weighted by Gasteiger charge is -2.14. The van der Waals surface area contributed by atoms with Gasteiger partial charge in [-0.15, -0.1) is 0 Å². The van der Waals surface area contributed by atoms with Gasteiger partial charge in [-0.1, -0.05) is 12.1 Å². The second kappa shape index (κ2) is 6.91. The van der Waals surface area contributed by atoms with Crippen molar-refractivity contribution in [3.63, 3.8) is 0 Å². The fraction of sp³-hybridized carbons (Fsp3) is 0.462. The molecule has 0 fully saturated rings. The van der Waals surface area contributed by atoms with Crippen LogP contribution >= 0.6 is 0 Å². The molecule has 0 bridgehead atoms. The highest BCUT2D eigenvalue weighted by Gasteiger charge is 2.04. The van der Waals surface area contributed by atoms with E-state index in [2.05, 4.69) is 12.2 Å². The van der Waals surface area contributed by atoms with E-state index in [1.54, 1.807) is 12.1 Å². The highest BCUT2D eigenvalue weighted by atomic mass is 16.3. The Kier molecular flexibility index (Phi) is 5.49. The molecule has 4 heteroatoms. The van der Waals surface area contributed by atoms with Gasteiger partial charge >= 0.3 is 0 Å². The number of carbonyl (C=O) groups excluding carboxylic acids is 1. The first-order chi connectivity index (χ1) is 8.09. The van der Waals surface area contributed by atoms with Crippen molar-refractivity contribution < 1.29 is 9.90 Å². The molecule has 1 rings (SSSR count). The lowest BCUT2D eigenvalue weighted by molar-refractivity contribution is -0.118. The number of amides is 1. The van der Waals surface area contributed by atoms with Gasteiger partial charge in [0.15, 0.2) is 0 Å². The van der Waals surface area contributed by atoms with Gasteiger partial charge in [0.05, 0.1) is 0 Å². The van der Waals surface area contributed by atoms with Crippen molar-refractivity contribution in [3.8, 4) is 5.75 Å². The van der Waals surface area contributed by atoms with Gasteiger partial charge in [-0.05, 0) is 44.0 Å². The molecule has 1 unspecified atom stereocenters. The average Bonchev–Trinajstić information content (AvgIpc) is 2.29. The summed E-state index contributed by atoms with van der Waals surface area (Å²) in [7, 11) is 0. The molecule has 0 aliphatic heterocycles. The summed E-state index contributed by atoms with van der Waals surface area (Å²) < 4.78 is 0. The number of nitrogens with one attached hydrogen (secondary N) is 1. The summed E-state index contributed by atoms with van der Waals surface area (Å²) in [6.07, 6.45) is 2.21. The van der Waals surface area contributed by atoms with Gasteiger partial charge in [0.2, 0.25) is 5.91 Å². The minimum absolute atomic E-state index is 0.239. The monoisotopic (exact) mass is 236 g/mol. The fourth-order valence-corrected chi connectivity index (χ4v) is 1.62. The number of aromatic hydroxyl groups is 1. The molecule has 0 aliphatic carbocycles. The molecule has 0 saturated carbocycles. The molecule has 0 aromatic heterocycles. The second-order valence-electron chi connectivity index (χ2n) is 4.19. The second-order valence-corrected chi connectivity index (χ2v) is 4.19. The summed E-state index contributed by atoms with van der Waals surface area (Å²) in [5.41, 5.74) is 6.19. The molecule has 17 heavy (non-hydrogen) atoms. The Balaban J connectivity index is 2.23. The van der Waals surface area contributed by atoms with Crippen molar-refractivity contribution in [3.05, 3.63) is 29.8 Å². The van der Waals surface area contributed by atoms with Crippen LogP contribution in [0.5, 0.6) is 5.75 Å². The molecule has 1 atom stereocenters. The minimum atomic E-state index is -0.239. The molecule has 1 aromatic carbocycles. The lowest BCUT2D eigenvalue weighted by Crippen LogP contribution is -2.20. The summed E-state index contributed by atoms with van der Waals surface area (Å²) in [5.74, 6) is 0.0407. The van der Waals surface area contributed by atoms with Gasteiger partial charge in [-0.2, -0.15) is 0 Å². The van der Waals surface area contributed by atoms with E-state index in [4.69, 9.17) is 5.73 Å². The first-order valence-electron chi connectivity index (χ1n) is 5.90. The Labute approximate surface area is 102 Å². The number of benzene rings is 1. The number of carbonyl (C=O) groups is 1. The van der Waals surface area contributed by atoms with Crippen molar-refractivity contribution in [2.75, 3.05) is 6.54 Å². The molecular weight excluding hydrogens is 216 g/mol. The largest absolute Gasteiger partial charge is 0.508 e. The van der Waals surface area contributed by atoms with Crippen molar-refractivity contribution in [1.29, 1.82) is 0 Å². The number of phenols is 1. The predicted octanol–water partition coefficient (Wildman–Crippen LogP) is 1.70. The van der Waals surface area contributed by atoms with E-state index in [-0.39, 0.29) is 17.7 Å². The maximum absolute atomic E-state index is 10.5. The van der Waals surface area contributed by atoms with Crippen LogP contribution in [0.3, 0.4) is 0 Å². The third-order valence-corrected chi connectivity index (χ3v) is 2.69. The van der Waals surface area contributed by atoms with Gasteiger partial charge in [-0.3, -0.25) is 4.79 Å². The van der Waals surface area contributed by atoms with E-state index >= 15 is 0 Å². The molecule has 1 aromatic rings. The number of hydrogen-bond acceptors (Lipinski definition) is 3. The Morgan fingerprint density at radius 3 is 2.59 bits per heavy atom. The quantitative estimate of drug-likeness (QED) is 0.631. The predicted molar refractivity (Wildman–Crippen MR) is 67.6 cm³/mol. The van der Waals surface area contributed by atoms with Crippen molar-refractivity contribution in [2.45, 2.75) is 32.2 Å². The van der Waals surface area contributed by atoms with Crippen LogP contribution in [-0.4, -0.2) is 17.6 Å². The van der Waals surface area contributed by atoms with Crippen LogP contribution in [0.15, 0.2) is 24.3 Å². The highest BCUT2D eigenvalue weighted by molar-refractivity contribution is 5.73. The van der Waals surface area contributed by atoms with Crippen LogP contribution in [0.4, 0.5) is 0 Å². The maximum atomic E-state index is 10.5. The van der Waals surface area contributed by atoms with E-state index in [1.807, 2.05) is 12.1 Å². The van der Waals surface area contributed by atoms with Gasteiger partial charge in [-0.25, -0.2) is 0 Å². The summed E-state index contributed by atoms with van der Waals surface area (Å²) in [5, 5.41) is 12.5. The zero-order valence-electron chi connectivity index (χ0n) is 10.1. The number of hydrogen-bond donors (Lipinski definition) is 3. The van der Waals surface area contributed by atoms with E-state index in [9.17, 15) is 9.90 Å². The molecule has 0 radical (unpaired) electrons. The van der Waals surface area contributed by atoms with Gasteiger partial charge < -0.3 is 16.2 Å². The zero-order chi connectivity index (χ0) is 12.7. The lowest BCUT2D eigenvalue weighted by atomic mass is 10.1. The first-order valence-corrected chi connectivity index (χ1v) is 5.90. The van der Waals surface area contributed by atoms with E-state index in [0.717, 1.165) is 24.9 Å². The third kappa shape index (κ3) is 5.36. The van der Waals surface area contributed by atoms with Crippen LogP contribution in [0, 0.1) is 0 Å². The molecule has 1 amide bonds. The van der Waals surface area contributed by atoms with Gasteiger partial charge in [0.25, 0.3) is 0 Å². The SMILES string of the molecule is CC(NCCCCC(N)=O)c1ccc(O)cc1. The zero-order valence-corrected chi connectivity index (χ0v) is 10.1. The highest BCUT2D eigenvalue weighted by Crippen LogP contribution is 2.16. The molecule has 4 nitrogen and oxygen atoms in total. The third-order valence-electron chi connectivity index (χ3n) is 2.69. The number of unbranched alkanes of at least 4 members (excludes halogenated alkanes) is 1. The Bertz CT molecular complexity index is 349. The average molecular weight is 236 g/mol.